The highest BCUT2D eigenvalue weighted by molar-refractivity contribution is 7.16. The summed E-state index contributed by atoms with van der Waals surface area (Å²) in [6.45, 7) is -1.41. The molecule has 0 amide bonds. The van der Waals surface area contributed by atoms with E-state index in [0.717, 1.165) is 47.4 Å². The molecule has 1 fully saturated rings. The number of nitrogens with two attached hydrogens (primary N) is 1. The van der Waals surface area contributed by atoms with Crippen LogP contribution in [0.4, 0.5) is 30.7 Å². The Morgan fingerprint density at radius 1 is 1.10 bits per heavy atom. The summed E-state index contributed by atoms with van der Waals surface area (Å²) < 4.78 is 100. The van der Waals surface area contributed by atoms with Gasteiger partial charge in [-0.05, 0) is 48.9 Å². The van der Waals surface area contributed by atoms with E-state index in [0.29, 0.717) is 22.6 Å². The highest BCUT2D eigenvalue weighted by Gasteiger charge is 2.63. The van der Waals surface area contributed by atoms with Gasteiger partial charge in [0, 0.05) is 5.56 Å². The number of ether oxygens (including phenoxy) is 1. The lowest BCUT2D eigenvalue weighted by atomic mass is 9.85. The molecule has 2 atom stereocenters. The van der Waals surface area contributed by atoms with E-state index < -0.39 is 58.1 Å². The molecule has 2 unspecified atom stereocenters. The van der Waals surface area contributed by atoms with Gasteiger partial charge < -0.3 is 15.3 Å². The topological polar surface area (TPSA) is 84.5 Å². The first-order valence-electron chi connectivity index (χ1n) is 12.0. The third kappa shape index (κ3) is 5.52. The molecule has 6 nitrogen and oxygen atoms in total. The van der Waals surface area contributed by atoms with Crippen molar-refractivity contribution in [3.8, 4) is 0 Å². The Hall–Kier alpha value is -2.13. The van der Waals surface area contributed by atoms with Gasteiger partial charge in [0.2, 0.25) is 0 Å². The fraction of sp³-hybridized carbons (Fsp3) is 0.500. The number of hydrogen-bond acceptors (Lipinski definition) is 6. The van der Waals surface area contributed by atoms with Crippen LogP contribution in [0.25, 0.3) is 0 Å². The lowest BCUT2D eigenvalue weighted by Crippen LogP contribution is -2.42. The van der Waals surface area contributed by atoms with Crippen molar-refractivity contribution in [1.29, 1.82) is 0 Å². The molecule has 218 valence electrons. The van der Waals surface area contributed by atoms with Crippen molar-refractivity contribution in [2.75, 3.05) is 19.7 Å². The molecule has 1 saturated heterocycles. The second-order valence-electron chi connectivity index (χ2n) is 9.76. The number of fused-ring (bicyclic) bond motifs is 1. The van der Waals surface area contributed by atoms with Crippen LogP contribution in [0.2, 0.25) is 10.0 Å². The molecule has 0 radical (unpaired) electrons. The average molecular weight is 633 g/mol. The monoisotopic (exact) mass is 632 g/mol. The van der Waals surface area contributed by atoms with E-state index in [1.165, 1.54) is 0 Å². The van der Waals surface area contributed by atoms with E-state index >= 15 is 0 Å². The van der Waals surface area contributed by atoms with Crippen LogP contribution in [-0.2, 0) is 28.0 Å². The molecule has 40 heavy (non-hydrogen) atoms. The number of rotatable bonds is 7. The van der Waals surface area contributed by atoms with Crippen molar-refractivity contribution in [2.45, 2.75) is 55.8 Å². The third-order valence-electron chi connectivity index (χ3n) is 6.96. The second kappa shape index (κ2) is 10.3. The SMILES string of the molecule is NC(=NCC1(NCC(F)(F)F)CO1)c1sc(C2=NOC(c3cc(Cl)c(F)c(Cl)c3)(C(F)(F)F)C2)c2c1CCCC2. The van der Waals surface area contributed by atoms with E-state index in [2.05, 4.69) is 15.5 Å². The fourth-order valence-electron chi connectivity index (χ4n) is 4.77. The predicted octanol–water partition coefficient (Wildman–Crippen LogP) is 6.24. The van der Waals surface area contributed by atoms with E-state index in [1.807, 2.05) is 0 Å². The average Bonchev–Trinajstić information content (AvgIpc) is 3.32. The van der Waals surface area contributed by atoms with Crippen molar-refractivity contribution < 1.29 is 40.3 Å². The maximum absolute atomic E-state index is 14.5. The van der Waals surface area contributed by atoms with Gasteiger partial charge >= 0.3 is 12.4 Å². The number of halogens is 9. The Bertz CT molecular complexity index is 1370. The van der Waals surface area contributed by atoms with Crippen molar-refractivity contribution >= 4 is 46.1 Å². The largest absolute Gasteiger partial charge is 0.435 e. The van der Waals surface area contributed by atoms with Crippen molar-refractivity contribution in [3.05, 3.63) is 54.4 Å². The van der Waals surface area contributed by atoms with Gasteiger partial charge in [-0.2, -0.15) is 26.3 Å². The molecule has 3 N–H and O–H groups in total. The summed E-state index contributed by atoms with van der Waals surface area (Å²) in [7, 11) is 0. The summed E-state index contributed by atoms with van der Waals surface area (Å²) in [6, 6.07) is 1.63. The van der Waals surface area contributed by atoms with Gasteiger partial charge in [0.15, 0.2) is 11.5 Å². The standard InChI is InChI=1S/C24H21Cl2F7N4O2S/c25-14-5-11(6-15(26)17(14)27)22(24(31,32)33)7-16(37-39-22)18-12-3-1-2-4-13(12)19(40-18)20(34)35-8-21(10-38-21)36-9-23(28,29)30/h5-6,36H,1-4,7-10H2,(H2,34,35). The predicted molar refractivity (Wildman–Crippen MR) is 136 cm³/mol. The van der Waals surface area contributed by atoms with Crippen LogP contribution in [0, 0.1) is 5.82 Å². The van der Waals surface area contributed by atoms with E-state index in [9.17, 15) is 30.7 Å². The molecule has 0 bridgehead atoms. The van der Waals surface area contributed by atoms with Crippen molar-refractivity contribution in [1.82, 2.24) is 5.32 Å². The molecule has 16 heteroatoms. The molecule has 3 heterocycles. The highest BCUT2D eigenvalue weighted by Crippen LogP contribution is 2.51. The smallest absolute Gasteiger partial charge is 0.383 e. The molecule has 1 aliphatic carbocycles. The summed E-state index contributed by atoms with van der Waals surface area (Å²) in [5.41, 5.74) is 3.13. The van der Waals surface area contributed by atoms with Crippen LogP contribution in [-0.4, -0.2) is 49.3 Å². The number of thiophene rings is 1. The zero-order valence-corrected chi connectivity index (χ0v) is 22.7. The molecule has 3 aliphatic rings. The fourth-order valence-corrected chi connectivity index (χ4v) is 6.55. The maximum Gasteiger partial charge on any atom is 0.435 e. The molecule has 5 rings (SSSR count). The zero-order valence-electron chi connectivity index (χ0n) is 20.4. The Morgan fingerprint density at radius 2 is 1.73 bits per heavy atom. The minimum Gasteiger partial charge on any atom is -0.383 e. The lowest BCUT2D eigenvalue weighted by molar-refractivity contribution is -0.275. The Morgan fingerprint density at radius 3 is 2.30 bits per heavy atom. The summed E-state index contributed by atoms with van der Waals surface area (Å²) in [4.78, 5) is 10.3. The van der Waals surface area contributed by atoms with Gasteiger partial charge in [-0.25, -0.2) is 4.39 Å². The first-order chi connectivity index (χ1) is 18.6. The summed E-state index contributed by atoms with van der Waals surface area (Å²) in [5.74, 6) is -1.01. The van der Waals surface area contributed by atoms with Gasteiger partial charge in [-0.15, -0.1) is 11.3 Å². The first kappa shape index (κ1) is 29.4. The number of epoxide rings is 1. The summed E-state index contributed by atoms with van der Waals surface area (Å²) in [6.07, 6.45) is -7.38. The van der Waals surface area contributed by atoms with Crippen molar-refractivity contribution in [3.63, 3.8) is 0 Å². The van der Waals surface area contributed by atoms with Crippen molar-refractivity contribution in [2.24, 2.45) is 15.9 Å². The normalized spacial score (nSPS) is 25.0. The molecule has 2 aromatic rings. The Labute approximate surface area is 237 Å². The minimum atomic E-state index is -4.97. The number of benzene rings is 1. The molecular weight excluding hydrogens is 612 g/mol. The van der Waals surface area contributed by atoms with Crippen LogP contribution in [0.1, 0.15) is 45.7 Å². The lowest BCUT2D eigenvalue weighted by Gasteiger charge is -2.29. The molecule has 0 spiro atoms. The van der Waals surface area contributed by atoms with Gasteiger partial charge in [-0.1, -0.05) is 28.4 Å². The highest BCUT2D eigenvalue weighted by atomic mass is 35.5. The van der Waals surface area contributed by atoms with E-state index in [1.54, 1.807) is 0 Å². The van der Waals surface area contributed by atoms with Crippen LogP contribution in [0.5, 0.6) is 0 Å². The quantitative estimate of drug-likeness (QED) is 0.124. The number of alkyl halides is 6. The number of nitrogens with one attached hydrogen (secondary N) is 1. The summed E-state index contributed by atoms with van der Waals surface area (Å²) in [5, 5.41) is 4.92. The second-order valence-corrected chi connectivity index (χ2v) is 11.6. The number of nitrogens with zero attached hydrogens (tertiary/aromatic N) is 2. The molecule has 1 aromatic carbocycles. The maximum atomic E-state index is 14.5. The van der Waals surface area contributed by atoms with Gasteiger partial charge in [0.1, 0.15) is 11.5 Å². The van der Waals surface area contributed by atoms with E-state index in [4.69, 9.17) is 38.5 Å². The van der Waals surface area contributed by atoms with Gasteiger partial charge in [-0.3, -0.25) is 10.3 Å². The van der Waals surface area contributed by atoms with Crippen LogP contribution in [0.15, 0.2) is 22.3 Å². The molecule has 2 aliphatic heterocycles. The molecule has 1 aromatic heterocycles. The van der Waals surface area contributed by atoms with Gasteiger partial charge in [0.05, 0.1) is 45.9 Å². The zero-order chi connectivity index (χ0) is 29.1. The Balaban J connectivity index is 1.45. The summed E-state index contributed by atoms with van der Waals surface area (Å²) >= 11 is 12.7. The number of hydrogen-bond donors (Lipinski definition) is 2. The molecular formula is C24H21Cl2F7N4O2S. The van der Waals surface area contributed by atoms with Gasteiger partial charge in [0.25, 0.3) is 5.60 Å². The van der Waals surface area contributed by atoms with Crippen LogP contribution in [0.3, 0.4) is 0 Å². The minimum absolute atomic E-state index is 0.0185. The third-order valence-corrected chi connectivity index (χ3v) is 8.86. The number of aliphatic imine (C=N–C) groups is 1. The number of oxime groups is 1. The first-order valence-corrected chi connectivity index (χ1v) is 13.6. The Kier molecular flexibility index (Phi) is 7.56. The number of amidine groups is 1. The molecule has 0 saturated carbocycles. The van der Waals surface area contributed by atoms with Crippen LogP contribution < -0.4 is 11.1 Å². The van der Waals surface area contributed by atoms with E-state index in [-0.39, 0.29) is 24.7 Å². The van der Waals surface area contributed by atoms with Crippen LogP contribution >= 0.6 is 34.5 Å².